The summed E-state index contributed by atoms with van der Waals surface area (Å²) in [7, 11) is 0. The van der Waals surface area contributed by atoms with Crippen LogP contribution < -0.4 is 0 Å². The average molecular weight is 280 g/mol. The molecule has 3 heteroatoms. The molecule has 0 aromatic heterocycles. The van der Waals surface area contributed by atoms with E-state index in [0.717, 1.165) is 5.57 Å². The fraction of sp³-hybridized carbons (Fsp3) is 0.588. The van der Waals surface area contributed by atoms with Gasteiger partial charge in [0.15, 0.2) is 5.78 Å². The number of hydrogen-bond donors (Lipinski definition) is 1. The van der Waals surface area contributed by atoms with Gasteiger partial charge in [0.1, 0.15) is 11.8 Å². The number of allylic oxidation sites excluding steroid dienone is 4. The van der Waals surface area contributed by atoms with Crippen LogP contribution in [0.4, 0.5) is 4.39 Å². The molecule has 2 nitrogen and oxygen atoms in total. The van der Waals surface area contributed by atoms with E-state index >= 15 is 0 Å². The largest absolute Gasteiger partial charge is 0.381 e. The summed E-state index contributed by atoms with van der Waals surface area (Å²) in [6, 6.07) is 0. The molecule has 0 bridgehead atoms. The van der Waals surface area contributed by atoms with Crippen molar-refractivity contribution in [3.05, 3.63) is 34.9 Å². The van der Waals surface area contributed by atoms with Crippen molar-refractivity contribution in [2.24, 2.45) is 5.41 Å². The summed E-state index contributed by atoms with van der Waals surface area (Å²) in [4.78, 5) is 12.1. The Labute approximate surface area is 121 Å². The van der Waals surface area contributed by atoms with E-state index in [0.29, 0.717) is 5.57 Å². The Morgan fingerprint density at radius 2 is 2.00 bits per heavy atom. The van der Waals surface area contributed by atoms with E-state index in [9.17, 15) is 14.3 Å². The maximum Gasteiger partial charge on any atom is 0.162 e. The highest BCUT2D eigenvalue weighted by Crippen LogP contribution is 2.47. The van der Waals surface area contributed by atoms with Crippen molar-refractivity contribution in [3.8, 4) is 0 Å². The van der Waals surface area contributed by atoms with E-state index in [-0.39, 0.29) is 17.8 Å². The normalized spacial score (nSPS) is 29.2. The Morgan fingerprint density at radius 1 is 1.45 bits per heavy atom. The van der Waals surface area contributed by atoms with Gasteiger partial charge in [-0.25, -0.2) is 4.39 Å². The number of aliphatic hydroxyl groups is 1. The molecule has 2 atom stereocenters. The van der Waals surface area contributed by atoms with Gasteiger partial charge in [-0.05, 0) is 39.3 Å². The van der Waals surface area contributed by atoms with Gasteiger partial charge in [0.05, 0.1) is 0 Å². The van der Waals surface area contributed by atoms with Crippen molar-refractivity contribution in [2.45, 2.75) is 59.7 Å². The number of carbonyl (C=O) groups is 1. The number of hydrogen-bond acceptors (Lipinski definition) is 2. The SMILES string of the molecule is C/C=C(C)\C=C\C1(O)C(C)=C(C(C)F)C(=O)CC1(C)C. The molecule has 1 N–H and O–H groups in total. The van der Waals surface area contributed by atoms with Crippen LogP contribution in [0.15, 0.2) is 34.9 Å². The van der Waals surface area contributed by atoms with Gasteiger partial charge in [0, 0.05) is 17.4 Å². The fourth-order valence-corrected chi connectivity index (χ4v) is 2.77. The first-order chi connectivity index (χ1) is 9.06. The van der Waals surface area contributed by atoms with E-state index < -0.39 is 17.2 Å². The van der Waals surface area contributed by atoms with Gasteiger partial charge in [0.2, 0.25) is 0 Å². The third-order valence-electron chi connectivity index (χ3n) is 4.35. The van der Waals surface area contributed by atoms with Gasteiger partial charge in [-0.2, -0.15) is 0 Å². The zero-order valence-corrected chi connectivity index (χ0v) is 13.2. The fourth-order valence-electron chi connectivity index (χ4n) is 2.77. The monoisotopic (exact) mass is 280 g/mol. The van der Waals surface area contributed by atoms with Gasteiger partial charge in [-0.3, -0.25) is 4.79 Å². The number of rotatable bonds is 3. The van der Waals surface area contributed by atoms with Gasteiger partial charge >= 0.3 is 0 Å². The van der Waals surface area contributed by atoms with Crippen molar-refractivity contribution in [3.63, 3.8) is 0 Å². The van der Waals surface area contributed by atoms with Crippen LogP contribution in [0, 0.1) is 5.41 Å². The second-order valence-electron chi connectivity index (χ2n) is 6.27. The molecule has 2 unspecified atom stereocenters. The Hall–Kier alpha value is -1.22. The lowest BCUT2D eigenvalue weighted by atomic mass is 9.62. The van der Waals surface area contributed by atoms with Crippen LogP contribution in [0.3, 0.4) is 0 Å². The summed E-state index contributed by atoms with van der Waals surface area (Å²) in [5, 5.41) is 11.1. The highest BCUT2D eigenvalue weighted by Gasteiger charge is 2.50. The zero-order valence-electron chi connectivity index (χ0n) is 13.2. The van der Waals surface area contributed by atoms with Crippen LogP contribution in [-0.4, -0.2) is 22.7 Å². The maximum absolute atomic E-state index is 13.7. The highest BCUT2D eigenvalue weighted by atomic mass is 19.1. The molecule has 1 rings (SSSR count). The molecule has 0 spiro atoms. The second kappa shape index (κ2) is 5.65. The number of ketones is 1. The maximum atomic E-state index is 13.7. The van der Waals surface area contributed by atoms with E-state index in [1.807, 2.05) is 39.8 Å². The summed E-state index contributed by atoms with van der Waals surface area (Å²) in [6.07, 6.45) is 4.22. The second-order valence-corrected chi connectivity index (χ2v) is 6.27. The van der Waals surface area contributed by atoms with Crippen molar-refractivity contribution in [2.75, 3.05) is 0 Å². The topological polar surface area (TPSA) is 37.3 Å². The predicted molar refractivity (Wildman–Crippen MR) is 80.2 cm³/mol. The molecule has 0 heterocycles. The molecule has 0 aromatic carbocycles. The summed E-state index contributed by atoms with van der Waals surface area (Å²) < 4.78 is 13.7. The first-order valence-corrected chi connectivity index (χ1v) is 7.00. The summed E-state index contributed by atoms with van der Waals surface area (Å²) >= 11 is 0. The molecule has 0 saturated carbocycles. The van der Waals surface area contributed by atoms with E-state index in [1.165, 1.54) is 6.92 Å². The van der Waals surface area contributed by atoms with Crippen molar-refractivity contribution < 1.29 is 14.3 Å². The van der Waals surface area contributed by atoms with Crippen LogP contribution in [-0.2, 0) is 4.79 Å². The lowest BCUT2D eigenvalue weighted by Crippen LogP contribution is -2.50. The van der Waals surface area contributed by atoms with Crippen molar-refractivity contribution in [1.29, 1.82) is 0 Å². The molecule has 20 heavy (non-hydrogen) atoms. The standard InChI is InChI=1S/C17H25FO2/c1-7-11(2)8-9-17(20)12(3)15(13(4)18)14(19)10-16(17,5)6/h7-9,13,20H,10H2,1-6H3/b9-8+,11-7-. The molecular weight excluding hydrogens is 255 g/mol. The molecular formula is C17H25FO2. The van der Waals surface area contributed by atoms with Crippen LogP contribution in [0.25, 0.3) is 0 Å². The van der Waals surface area contributed by atoms with Crippen LogP contribution >= 0.6 is 0 Å². The average Bonchev–Trinajstić information content (AvgIpc) is 2.32. The lowest BCUT2D eigenvalue weighted by Gasteiger charge is -2.46. The first-order valence-electron chi connectivity index (χ1n) is 7.00. The smallest absolute Gasteiger partial charge is 0.162 e. The molecule has 0 saturated heterocycles. The van der Waals surface area contributed by atoms with E-state index in [4.69, 9.17) is 0 Å². The van der Waals surface area contributed by atoms with Gasteiger partial charge < -0.3 is 5.11 Å². The first kappa shape index (κ1) is 16.8. The third-order valence-corrected chi connectivity index (χ3v) is 4.35. The molecule has 1 aliphatic rings. The molecule has 0 aliphatic heterocycles. The molecule has 0 amide bonds. The van der Waals surface area contributed by atoms with Crippen LogP contribution in [0.1, 0.15) is 48.0 Å². The minimum atomic E-state index is -1.36. The van der Waals surface area contributed by atoms with Gasteiger partial charge in [0.25, 0.3) is 0 Å². The highest BCUT2D eigenvalue weighted by molar-refractivity contribution is 5.99. The molecule has 1 aliphatic carbocycles. The Balaban J connectivity index is 3.45. The Kier molecular flexibility index (Phi) is 4.75. The molecule has 0 aromatic rings. The summed E-state index contributed by atoms with van der Waals surface area (Å²) in [6.45, 7) is 10.5. The van der Waals surface area contributed by atoms with E-state index in [2.05, 4.69) is 0 Å². The van der Waals surface area contributed by atoms with Crippen LogP contribution in [0.2, 0.25) is 0 Å². The molecule has 112 valence electrons. The Bertz CT molecular complexity index is 495. The number of Topliss-reactive ketones (excluding diaryl/α,β-unsaturated/α-hetero) is 1. The van der Waals surface area contributed by atoms with Gasteiger partial charge in [-0.15, -0.1) is 0 Å². The molecule has 0 fully saturated rings. The molecule has 0 radical (unpaired) electrons. The van der Waals surface area contributed by atoms with Crippen LogP contribution in [0.5, 0.6) is 0 Å². The third kappa shape index (κ3) is 2.78. The zero-order chi connectivity index (χ0) is 15.7. The van der Waals surface area contributed by atoms with E-state index in [1.54, 1.807) is 13.0 Å². The minimum absolute atomic E-state index is 0.120. The number of carbonyl (C=O) groups excluding carboxylic acids is 1. The van der Waals surface area contributed by atoms with Gasteiger partial charge in [-0.1, -0.05) is 31.6 Å². The summed E-state index contributed by atoms with van der Waals surface area (Å²) in [5.41, 5.74) is -0.407. The lowest BCUT2D eigenvalue weighted by molar-refractivity contribution is -0.123. The minimum Gasteiger partial charge on any atom is -0.381 e. The van der Waals surface area contributed by atoms with Crippen molar-refractivity contribution in [1.82, 2.24) is 0 Å². The summed E-state index contributed by atoms with van der Waals surface area (Å²) in [5.74, 6) is -0.205. The Morgan fingerprint density at radius 3 is 2.45 bits per heavy atom. The van der Waals surface area contributed by atoms with Crippen molar-refractivity contribution >= 4 is 5.78 Å². The quantitative estimate of drug-likeness (QED) is 0.796. The predicted octanol–water partition coefficient (Wildman–Crippen LogP) is 3.91. The number of halogens is 1. The number of alkyl halides is 1.